The minimum absolute atomic E-state index is 0.210. The Morgan fingerprint density at radius 2 is 0.736 bits per heavy atom. The molecule has 22 nitrogen and oxygen atoms in total. The molecule has 3 saturated heterocycles. The van der Waals surface area contributed by atoms with Crippen LogP contribution in [0.4, 0.5) is 56.6 Å². The molecule has 12 rings (SSSR count). The van der Waals surface area contributed by atoms with Gasteiger partial charge in [-0.25, -0.2) is 0 Å². The average molecular weight is 1270 g/mol. The average Bonchev–Trinajstić information content (AvgIpc) is 1.72. The van der Waals surface area contributed by atoms with Gasteiger partial charge >= 0.3 is 24.5 Å². The minimum atomic E-state index is -4.84. The second kappa shape index (κ2) is 27.7. The molecule has 9 unspecified atom stereocenters. The number of rotatable bonds is 11. The largest absolute Gasteiger partial charge is 0.480 e. The summed E-state index contributed by atoms with van der Waals surface area (Å²) in [6.45, 7) is 3.96. The van der Waals surface area contributed by atoms with Crippen molar-refractivity contribution in [3.05, 3.63) is 90.3 Å². The van der Waals surface area contributed by atoms with Crippen LogP contribution in [0.1, 0.15) is 74.5 Å². The molecule has 0 bridgehead atoms. The Morgan fingerprint density at radius 1 is 0.451 bits per heavy atom. The molecule has 11 N–H and O–H groups in total. The van der Waals surface area contributed by atoms with E-state index in [2.05, 4.69) is 69.4 Å². The number of aliphatic carboxylic acids is 1. The number of nitriles is 3. The van der Waals surface area contributed by atoms with E-state index in [0.717, 1.165) is 73.7 Å². The Kier molecular flexibility index (Phi) is 20.3. The first-order chi connectivity index (χ1) is 43.2. The summed E-state index contributed by atoms with van der Waals surface area (Å²) in [5.74, 6) is -1.47. The smallest absolute Gasteiger partial charge is 0.414 e. The Hall–Kier alpha value is -8.83. The molecule has 0 spiro atoms. The lowest BCUT2D eigenvalue weighted by molar-refractivity contribution is -0.174. The Morgan fingerprint density at radius 3 is 1.00 bits per heavy atom. The molecule has 3 aromatic heterocycles. The molecule has 0 radical (unpaired) electrons. The lowest BCUT2D eigenvalue weighted by atomic mass is 9.89. The van der Waals surface area contributed by atoms with Crippen LogP contribution in [0.5, 0.6) is 0 Å². The van der Waals surface area contributed by atoms with Crippen molar-refractivity contribution in [2.45, 2.75) is 113 Å². The SMILES string of the molecule is N#Cc1ccc(N2CC(N)CC(C3CC3)C2)c2nccnc12.N#Cc1ccc(N2CC(NC(=O)C(N)C(F)(F)F)CC(C3CC3)C2)c2nccnc12.N#Cc1ccc(N2CC(NC(=O)C(N)C(F)(F)F)CC(C3CC3)C2)c2nccnc12.NC(C(=O)O)C(F)(F)F. The van der Waals surface area contributed by atoms with E-state index in [1.165, 1.54) is 37.6 Å². The number of carbonyl (C=O) groups excluding carboxylic acids is 2. The lowest BCUT2D eigenvalue weighted by Crippen LogP contribution is -2.57. The highest BCUT2D eigenvalue weighted by molar-refractivity contribution is 5.94. The standard InChI is InChI=1S/2C20H21F3N6O.C17H19N5.C3H4F3NO2/c2*21-20(22,23)18(25)19(30)28-14-7-13(11-1-2-11)9-29(10-14)15-4-3-12(8-24)16-17(15)27-6-5-26-16;18-8-12-3-4-15(17-16(12)20-5-6-21-17)22-9-13(11-1-2-11)7-14(19)10-22;4-3(5,6)1(7)2(8)9/h2*3-6,11,13-14,18H,1-2,7,9-10,25H2,(H,28,30);3-6,11,13-14H,1-2,7,9-10,19H2;1H,7H2,(H,8,9). The van der Waals surface area contributed by atoms with Crippen molar-refractivity contribution in [1.82, 2.24) is 40.5 Å². The molecule has 6 fully saturated rings. The molecule has 3 aliphatic heterocycles. The van der Waals surface area contributed by atoms with Crippen molar-refractivity contribution in [3.63, 3.8) is 0 Å². The fraction of sp³-hybridized carbons (Fsp3) is 0.500. The number of aromatic nitrogens is 6. The van der Waals surface area contributed by atoms with Crippen molar-refractivity contribution in [2.75, 3.05) is 54.0 Å². The highest BCUT2D eigenvalue weighted by atomic mass is 19.4. The van der Waals surface area contributed by atoms with Crippen molar-refractivity contribution in [1.29, 1.82) is 15.8 Å². The molecule has 9 atom stereocenters. The minimum Gasteiger partial charge on any atom is -0.480 e. The summed E-state index contributed by atoms with van der Waals surface area (Å²) in [7, 11) is 0. The van der Waals surface area contributed by atoms with Crippen LogP contribution >= 0.6 is 0 Å². The highest BCUT2D eigenvalue weighted by Crippen LogP contribution is 2.45. The van der Waals surface area contributed by atoms with E-state index in [1.54, 1.807) is 36.7 Å². The molecule has 3 saturated carbocycles. The summed E-state index contributed by atoms with van der Waals surface area (Å²) in [6, 6.07) is 8.56. The summed E-state index contributed by atoms with van der Waals surface area (Å²) in [6.07, 6.45) is 4.37. The lowest BCUT2D eigenvalue weighted by Gasteiger charge is -2.40. The van der Waals surface area contributed by atoms with Gasteiger partial charge in [0.25, 0.3) is 0 Å². The molecule has 482 valence electrons. The van der Waals surface area contributed by atoms with Crippen LogP contribution in [0.15, 0.2) is 73.6 Å². The molecular formula is C60H65F9N18O4. The normalized spacial score (nSPS) is 22.8. The molecule has 91 heavy (non-hydrogen) atoms. The molecule has 2 amide bonds. The quantitative estimate of drug-likeness (QED) is 0.0705. The molecular weight excluding hydrogens is 1210 g/mol. The van der Waals surface area contributed by atoms with Gasteiger partial charge in [0.2, 0.25) is 11.8 Å². The van der Waals surface area contributed by atoms with Gasteiger partial charge in [-0.05, 0) is 130 Å². The molecule has 31 heteroatoms. The zero-order chi connectivity index (χ0) is 65.7. The number of hydrogen-bond donors (Lipinski definition) is 7. The van der Waals surface area contributed by atoms with Gasteiger partial charge in [0.05, 0.1) is 33.8 Å². The van der Waals surface area contributed by atoms with E-state index in [1.807, 2.05) is 21.9 Å². The number of alkyl halides is 9. The summed E-state index contributed by atoms with van der Waals surface area (Å²) >= 11 is 0. The maximum atomic E-state index is 12.8. The molecule has 6 aromatic rings. The first-order valence-corrected chi connectivity index (χ1v) is 29.4. The third kappa shape index (κ3) is 16.4. The van der Waals surface area contributed by atoms with Crippen LogP contribution < -0.4 is 48.3 Å². The monoisotopic (exact) mass is 1270 g/mol. The van der Waals surface area contributed by atoms with Gasteiger partial charge in [-0.3, -0.25) is 44.3 Å². The van der Waals surface area contributed by atoms with Gasteiger partial charge in [-0.2, -0.15) is 55.3 Å². The van der Waals surface area contributed by atoms with Crippen molar-refractivity contribution in [2.24, 2.45) is 58.4 Å². The Balaban J connectivity index is 0.000000153. The fourth-order valence-electron chi connectivity index (χ4n) is 12.2. The van der Waals surface area contributed by atoms with Crippen molar-refractivity contribution < 1.29 is 59.0 Å². The maximum absolute atomic E-state index is 12.8. The molecule has 6 heterocycles. The third-order valence-corrected chi connectivity index (χ3v) is 17.1. The van der Waals surface area contributed by atoms with E-state index in [0.29, 0.717) is 101 Å². The van der Waals surface area contributed by atoms with Gasteiger partial charge in [-0.1, -0.05) is 0 Å². The second-order valence-corrected chi connectivity index (χ2v) is 23.8. The number of nitrogens with one attached hydrogen (secondary N) is 2. The van der Waals surface area contributed by atoms with E-state index >= 15 is 0 Å². The van der Waals surface area contributed by atoms with Crippen LogP contribution in [-0.2, 0) is 14.4 Å². The van der Waals surface area contributed by atoms with Gasteiger partial charge in [0.15, 0.2) is 18.1 Å². The number of nitrogens with two attached hydrogens (primary N) is 4. The number of halogens is 9. The zero-order valence-corrected chi connectivity index (χ0v) is 48.7. The first kappa shape index (κ1) is 66.6. The van der Waals surface area contributed by atoms with Gasteiger partial charge in [0.1, 0.15) is 51.3 Å². The number of benzene rings is 3. The number of amides is 2. The van der Waals surface area contributed by atoms with Crippen LogP contribution in [0, 0.1) is 69.5 Å². The van der Waals surface area contributed by atoms with Crippen LogP contribution in [0.25, 0.3) is 33.1 Å². The fourth-order valence-corrected chi connectivity index (χ4v) is 12.2. The van der Waals surface area contributed by atoms with Gasteiger partial charge < -0.3 is 53.4 Å². The zero-order valence-electron chi connectivity index (χ0n) is 48.7. The van der Waals surface area contributed by atoms with E-state index in [9.17, 15) is 69.7 Å². The summed E-state index contributed by atoms with van der Waals surface area (Å²) in [5.41, 5.74) is 28.1. The molecule has 3 aromatic carbocycles. The maximum Gasteiger partial charge on any atom is 0.414 e. The van der Waals surface area contributed by atoms with Crippen molar-refractivity contribution >= 4 is 67.9 Å². The van der Waals surface area contributed by atoms with Gasteiger partial charge in [0, 0.05) is 94.6 Å². The Labute approximate surface area is 515 Å². The number of hydrogen-bond acceptors (Lipinski definition) is 19. The van der Waals surface area contributed by atoms with E-state index < -0.39 is 66.5 Å². The predicted octanol–water partition coefficient (Wildman–Crippen LogP) is 6.25. The number of carbonyl (C=O) groups is 3. The number of anilines is 3. The third-order valence-electron chi connectivity index (χ3n) is 17.1. The van der Waals surface area contributed by atoms with Crippen LogP contribution in [-0.4, -0.2) is 147 Å². The number of carboxylic acids is 1. The van der Waals surface area contributed by atoms with E-state index in [-0.39, 0.29) is 17.9 Å². The van der Waals surface area contributed by atoms with Gasteiger partial charge in [-0.15, -0.1) is 0 Å². The van der Waals surface area contributed by atoms with Crippen molar-refractivity contribution in [3.8, 4) is 18.2 Å². The number of piperidine rings is 3. The summed E-state index contributed by atoms with van der Waals surface area (Å²) in [5, 5.41) is 40.6. The molecule has 6 aliphatic rings. The highest BCUT2D eigenvalue weighted by Gasteiger charge is 2.47. The topological polar surface area (TPSA) is 358 Å². The number of nitrogens with zero attached hydrogens (tertiary/aromatic N) is 12. The molecule has 3 aliphatic carbocycles. The number of carboxylic acid groups (broad SMARTS) is 1. The Bertz CT molecular complexity index is 3590. The summed E-state index contributed by atoms with van der Waals surface area (Å²) in [4.78, 5) is 66.1. The summed E-state index contributed by atoms with van der Waals surface area (Å²) < 4.78 is 110. The number of fused-ring (bicyclic) bond motifs is 3. The first-order valence-electron chi connectivity index (χ1n) is 29.4. The van der Waals surface area contributed by atoms with Crippen LogP contribution in [0.2, 0.25) is 0 Å². The van der Waals surface area contributed by atoms with Crippen LogP contribution in [0.3, 0.4) is 0 Å². The second-order valence-electron chi connectivity index (χ2n) is 23.8. The van der Waals surface area contributed by atoms with E-state index in [4.69, 9.17) is 22.3 Å². The predicted molar refractivity (Wildman–Crippen MR) is 313 cm³/mol.